The molecule has 0 aliphatic heterocycles. The summed E-state index contributed by atoms with van der Waals surface area (Å²) < 4.78 is 13.2. The molecule has 0 fully saturated rings. The van der Waals surface area contributed by atoms with Crippen LogP contribution in [0, 0.1) is 0 Å². The van der Waals surface area contributed by atoms with Gasteiger partial charge in [-0.15, -0.1) is 0 Å². The molecule has 0 radical (unpaired) electrons. The average molecular weight is 653 g/mol. The molecule has 0 aliphatic carbocycles. The van der Waals surface area contributed by atoms with Gasteiger partial charge in [0, 0.05) is 33.4 Å². The van der Waals surface area contributed by atoms with Crippen LogP contribution in [0.4, 0.5) is 17.1 Å². The van der Waals surface area contributed by atoms with E-state index in [2.05, 4.69) is 163 Å². The van der Waals surface area contributed by atoms with Crippen molar-refractivity contribution in [1.82, 2.24) is 4.98 Å². The third-order valence-corrected chi connectivity index (χ3v) is 10.2. The van der Waals surface area contributed by atoms with Crippen LogP contribution in [0.15, 0.2) is 179 Å². The van der Waals surface area contributed by atoms with E-state index in [1.165, 1.54) is 37.7 Å². The van der Waals surface area contributed by atoms with Crippen molar-refractivity contribution in [3.05, 3.63) is 170 Å². The maximum absolute atomic E-state index is 6.75. The van der Waals surface area contributed by atoms with Gasteiger partial charge < -0.3 is 13.7 Å². The van der Waals surface area contributed by atoms with Crippen molar-refractivity contribution in [2.75, 3.05) is 4.90 Å². The van der Waals surface area contributed by atoms with Crippen LogP contribution in [0.25, 0.3) is 87.6 Å². The maximum atomic E-state index is 6.75. The number of rotatable bonds is 4. The highest BCUT2D eigenvalue weighted by molar-refractivity contribution is 6.30. The molecule has 4 nitrogen and oxygen atoms in total. The first kappa shape index (κ1) is 28.0. The van der Waals surface area contributed by atoms with E-state index in [1.54, 1.807) is 0 Å². The zero-order chi connectivity index (χ0) is 33.5. The third-order valence-electron chi connectivity index (χ3n) is 10.2. The predicted molar refractivity (Wildman–Crippen MR) is 211 cm³/mol. The molecule has 0 saturated carbocycles. The van der Waals surface area contributed by atoms with Gasteiger partial charge in [-0.25, -0.2) is 4.98 Å². The van der Waals surface area contributed by atoms with Crippen molar-refractivity contribution < 1.29 is 8.83 Å². The number of fused-ring (bicyclic) bond motifs is 12. The number of hydrogen-bond acceptors (Lipinski definition) is 4. The molecule has 51 heavy (non-hydrogen) atoms. The number of furan rings is 1. The monoisotopic (exact) mass is 652 g/mol. The Labute approximate surface area is 292 Å². The van der Waals surface area contributed by atoms with Crippen molar-refractivity contribution in [2.24, 2.45) is 0 Å². The van der Waals surface area contributed by atoms with E-state index in [4.69, 9.17) is 13.8 Å². The van der Waals surface area contributed by atoms with E-state index in [0.29, 0.717) is 5.89 Å². The molecule has 0 bridgehead atoms. The minimum atomic E-state index is 0.566. The Kier molecular flexibility index (Phi) is 5.92. The maximum Gasteiger partial charge on any atom is 0.227 e. The summed E-state index contributed by atoms with van der Waals surface area (Å²) in [6.07, 6.45) is 0. The quantitative estimate of drug-likeness (QED) is 0.177. The number of aromatic nitrogens is 1. The second kappa shape index (κ2) is 10.8. The van der Waals surface area contributed by atoms with Crippen molar-refractivity contribution in [1.29, 1.82) is 0 Å². The van der Waals surface area contributed by atoms with Gasteiger partial charge in [0.05, 0.1) is 5.39 Å². The average Bonchev–Trinajstić information content (AvgIpc) is 3.80. The number of nitrogens with zero attached hydrogens (tertiary/aromatic N) is 2. The van der Waals surface area contributed by atoms with Gasteiger partial charge in [0.2, 0.25) is 5.89 Å². The molecular weight excluding hydrogens is 625 g/mol. The second-order valence-corrected chi connectivity index (χ2v) is 13.1. The van der Waals surface area contributed by atoms with E-state index in [9.17, 15) is 0 Å². The summed E-state index contributed by atoms with van der Waals surface area (Å²) >= 11 is 0. The Balaban J connectivity index is 1.09. The van der Waals surface area contributed by atoms with E-state index < -0.39 is 0 Å². The smallest absolute Gasteiger partial charge is 0.227 e. The molecule has 9 aromatic carbocycles. The Bertz CT molecular complexity index is 3160. The molecule has 0 saturated heterocycles. The van der Waals surface area contributed by atoms with Crippen LogP contribution in [-0.4, -0.2) is 4.98 Å². The first-order valence-corrected chi connectivity index (χ1v) is 17.2. The van der Waals surface area contributed by atoms with E-state index in [-0.39, 0.29) is 0 Å². The SMILES string of the molecule is c1ccc(N(c2cccc(-c3nc4ccc5oc6ccc7ccc8ccccc8c7c6c5c4o3)c2)c2ccc3c(ccc4ccccc43)c2)cc1. The molecule has 4 heteroatoms. The number of para-hydroxylation sites is 1. The van der Waals surface area contributed by atoms with Gasteiger partial charge in [0.1, 0.15) is 16.7 Å². The number of oxazole rings is 1. The Morgan fingerprint density at radius 3 is 1.92 bits per heavy atom. The van der Waals surface area contributed by atoms with E-state index in [1.807, 2.05) is 12.1 Å². The van der Waals surface area contributed by atoms with Gasteiger partial charge >= 0.3 is 0 Å². The minimum absolute atomic E-state index is 0.566. The summed E-state index contributed by atoms with van der Waals surface area (Å²) in [7, 11) is 0. The molecule has 0 atom stereocenters. The van der Waals surface area contributed by atoms with Gasteiger partial charge in [-0.05, 0) is 98.4 Å². The Morgan fingerprint density at radius 2 is 1.04 bits per heavy atom. The van der Waals surface area contributed by atoms with Gasteiger partial charge in [-0.3, -0.25) is 0 Å². The Hall–Kier alpha value is -6.91. The molecular formula is C47H28N2O2. The third kappa shape index (κ3) is 4.30. The normalized spacial score (nSPS) is 11.9. The molecule has 0 unspecified atom stereocenters. The summed E-state index contributed by atoms with van der Waals surface area (Å²) in [5, 5.41) is 11.7. The number of benzene rings is 9. The molecule has 11 aromatic rings. The summed E-state index contributed by atoms with van der Waals surface area (Å²) in [4.78, 5) is 7.34. The fourth-order valence-electron chi connectivity index (χ4n) is 7.89. The van der Waals surface area contributed by atoms with Gasteiger partial charge in [-0.2, -0.15) is 0 Å². The fraction of sp³-hybridized carbons (Fsp3) is 0. The van der Waals surface area contributed by atoms with Crippen molar-refractivity contribution in [2.45, 2.75) is 0 Å². The van der Waals surface area contributed by atoms with Crippen LogP contribution in [0.1, 0.15) is 0 Å². The lowest BCUT2D eigenvalue weighted by atomic mass is 9.97. The summed E-state index contributed by atoms with van der Waals surface area (Å²) in [6, 6.07) is 59.7. The largest absolute Gasteiger partial charge is 0.456 e. The first-order valence-electron chi connectivity index (χ1n) is 17.2. The van der Waals surface area contributed by atoms with Crippen LogP contribution in [-0.2, 0) is 0 Å². The van der Waals surface area contributed by atoms with Crippen LogP contribution in [0.3, 0.4) is 0 Å². The van der Waals surface area contributed by atoms with Crippen LogP contribution in [0.5, 0.6) is 0 Å². The van der Waals surface area contributed by atoms with E-state index >= 15 is 0 Å². The minimum Gasteiger partial charge on any atom is -0.456 e. The fourth-order valence-corrected chi connectivity index (χ4v) is 7.89. The molecule has 0 amide bonds. The first-order chi connectivity index (χ1) is 25.3. The molecule has 0 spiro atoms. The lowest BCUT2D eigenvalue weighted by Gasteiger charge is -2.26. The topological polar surface area (TPSA) is 42.4 Å². The summed E-state index contributed by atoms with van der Waals surface area (Å²) in [6.45, 7) is 0. The van der Waals surface area contributed by atoms with Crippen molar-refractivity contribution in [3.8, 4) is 11.5 Å². The zero-order valence-corrected chi connectivity index (χ0v) is 27.4. The highest BCUT2D eigenvalue weighted by Gasteiger charge is 2.21. The second-order valence-electron chi connectivity index (χ2n) is 13.1. The highest BCUT2D eigenvalue weighted by Crippen LogP contribution is 2.43. The predicted octanol–water partition coefficient (Wildman–Crippen LogP) is 13.5. The summed E-state index contributed by atoms with van der Waals surface area (Å²) in [5.74, 6) is 0.566. The molecule has 2 aromatic heterocycles. The molecule has 0 aliphatic rings. The molecule has 238 valence electrons. The van der Waals surface area contributed by atoms with E-state index in [0.717, 1.165) is 61.1 Å². The number of anilines is 3. The summed E-state index contributed by atoms with van der Waals surface area (Å²) in [5.41, 5.74) is 7.20. The standard InChI is InChI=1S/C47H28N2O2/c1-2-12-34(13-3-1)49(36-22-23-38-32(27-36)20-18-29-9-4-6-15-37(29)38)35-14-8-11-33(28-35)47-48-40-24-26-42-45(46(40)51-47)44-41(50-42)25-21-31-19-17-30-10-5-7-16-39(30)43(31)44/h1-28H. The van der Waals surface area contributed by atoms with Crippen LogP contribution >= 0.6 is 0 Å². The molecule has 11 rings (SSSR count). The number of hydrogen-bond donors (Lipinski definition) is 0. The highest BCUT2D eigenvalue weighted by atomic mass is 16.4. The van der Waals surface area contributed by atoms with Crippen molar-refractivity contribution >= 4 is 93.2 Å². The lowest BCUT2D eigenvalue weighted by molar-refractivity contribution is 0.622. The lowest BCUT2D eigenvalue weighted by Crippen LogP contribution is -2.09. The van der Waals surface area contributed by atoms with Crippen LogP contribution < -0.4 is 4.90 Å². The molecule has 0 N–H and O–H groups in total. The van der Waals surface area contributed by atoms with Crippen LogP contribution in [0.2, 0.25) is 0 Å². The van der Waals surface area contributed by atoms with Gasteiger partial charge in [0.25, 0.3) is 0 Å². The Morgan fingerprint density at radius 1 is 0.392 bits per heavy atom. The molecule has 2 heterocycles. The zero-order valence-electron chi connectivity index (χ0n) is 27.4. The van der Waals surface area contributed by atoms with Crippen molar-refractivity contribution in [3.63, 3.8) is 0 Å². The van der Waals surface area contributed by atoms with Gasteiger partial charge in [0.15, 0.2) is 5.58 Å². The van der Waals surface area contributed by atoms with Gasteiger partial charge in [-0.1, -0.05) is 109 Å².